The third-order valence-electron chi connectivity index (χ3n) is 1.73. The minimum Gasteiger partial charge on any atom is -0.334 e. The van der Waals surface area contributed by atoms with Gasteiger partial charge in [0.25, 0.3) is 0 Å². The van der Waals surface area contributed by atoms with Crippen LogP contribution >= 0.6 is 0 Å². The molecule has 1 unspecified atom stereocenters. The minimum atomic E-state index is 0.0926. The van der Waals surface area contributed by atoms with Crippen LogP contribution in [0.15, 0.2) is 12.1 Å². The van der Waals surface area contributed by atoms with Crippen LogP contribution in [0.25, 0.3) is 0 Å². The summed E-state index contributed by atoms with van der Waals surface area (Å²) in [6, 6.07) is 4.16. The molecule has 0 saturated heterocycles. The first-order valence-corrected chi connectivity index (χ1v) is 3.53. The van der Waals surface area contributed by atoms with E-state index in [9.17, 15) is 0 Å². The van der Waals surface area contributed by atoms with Gasteiger partial charge in [0.15, 0.2) is 0 Å². The van der Waals surface area contributed by atoms with E-state index in [-0.39, 0.29) is 6.17 Å². The molecule has 1 atom stereocenters. The lowest BCUT2D eigenvalue weighted by Crippen LogP contribution is -2.16. The average Bonchev–Trinajstić information content (AvgIpc) is 2.11. The molecule has 0 fully saturated rings. The normalized spacial score (nSPS) is 13.6. The molecule has 0 aromatic carbocycles. The first-order valence-electron chi connectivity index (χ1n) is 3.53. The van der Waals surface area contributed by atoms with Crippen LogP contribution < -0.4 is 5.73 Å². The van der Waals surface area contributed by atoms with E-state index in [2.05, 4.69) is 30.5 Å². The molecule has 0 radical (unpaired) electrons. The number of rotatable bonds is 1. The average molecular weight is 138 g/mol. The summed E-state index contributed by atoms with van der Waals surface area (Å²) in [6.07, 6.45) is 0.0926. The summed E-state index contributed by atoms with van der Waals surface area (Å²) < 4.78 is 2.11. The number of hydrogen-bond donors (Lipinski definition) is 1. The fraction of sp³-hybridized carbons (Fsp3) is 0.500. The lowest BCUT2D eigenvalue weighted by atomic mass is 10.4. The summed E-state index contributed by atoms with van der Waals surface area (Å²) in [6.45, 7) is 6.12. The van der Waals surface area contributed by atoms with E-state index in [1.807, 2.05) is 6.92 Å². The molecule has 2 nitrogen and oxygen atoms in total. The predicted octanol–water partition coefficient (Wildman–Crippen LogP) is 1.58. The fourth-order valence-corrected chi connectivity index (χ4v) is 1.32. The highest BCUT2D eigenvalue weighted by Gasteiger charge is 2.02. The van der Waals surface area contributed by atoms with Gasteiger partial charge in [-0.25, -0.2) is 0 Å². The van der Waals surface area contributed by atoms with Crippen molar-refractivity contribution in [3.05, 3.63) is 23.5 Å². The highest BCUT2D eigenvalue weighted by Crippen LogP contribution is 2.10. The van der Waals surface area contributed by atoms with Gasteiger partial charge in [0.2, 0.25) is 0 Å². The lowest BCUT2D eigenvalue weighted by Gasteiger charge is -2.12. The quantitative estimate of drug-likeness (QED) is 0.627. The van der Waals surface area contributed by atoms with Gasteiger partial charge in [0.05, 0.1) is 6.17 Å². The van der Waals surface area contributed by atoms with Crippen molar-refractivity contribution < 1.29 is 0 Å². The summed E-state index contributed by atoms with van der Waals surface area (Å²) in [5.41, 5.74) is 8.18. The standard InChI is InChI=1S/C8H14N2/c1-6-4-5-7(2)10(6)8(3)9/h4-5,8H,9H2,1-3H3. The number of hydrogen-bond acceptors (Lipinski definition) is 1. The van der Waals surface area contributed by atoms with Gasteiger partial charge in [-0.15, -0.1) is 0 Å². The fourth-order valence-electron chi connectivity index (χ4n) is 1.32. The van der Waals surface area contributed by atoms with Gasteiger partial charge in [-0.1, -0.05) is 0 Å². The SMILES string of the molecule is Cc1ccc(C)n1C(C)N. The topological polar surface area (TPSA) is 30.9 Å². The van der Waals surface area contributed by atoms with Gasteiger partial charge in [0, 0.05) is 11.4 Å². The molecule has 0 aliphatic rings. The van der Waals surface area contributed by atoms with Gasteiger partial charge < -0.3 is 10.3 Å². The van der Waals surface area contributed by atoms with Crippen LogP contribution in [-0.4, -0.2) is 4.57 Å². The Balaban J connectivity index is 3.10. The van der Waals surface area contributed by atoms with Crippen molar-refractivity contribution in [2.75, 3.05) is 0 Å². The molecule has 2 N–H and O–H groups in total. The van der Waals surface area contributed by atoms with E-state index in [1.165, 1.54) is 11.4 Å². The van der Waals surface area contributed by atoms with Crippen LogP contribution in [0, 0.1) is 13.8 Å². The van der Waals surface area contributed by atoms with Crippen molar-refractivity contribution in [3.63, 3.8) is 0 Å². The van der Waals surface area contributed by atoms with Crippen molar-refractivity contribution in [2.24, 2.45) is 5.73 Å². The molecule has 2 heteroatoms. The second-order valence-electron chi connectivity index (χ2n) is 2.73. The molecule has 0 aliphatic carbocycles. The van der Waals surface area contributed by atoms with E-state index in [0.29, 0.717) is 0 Å². The van der Waals surface area contributed by atoms with Crippen LogP contribution in [-0.2, 0) is 0 Å². The molecule has 1 rings (SSSR count). The molecule has 56 valence electrons. The molecular formula is C8H14N2. The number of aryl methyl sites for hydroxylation is 2. The Kier molecular flexibility index (Phi) is 1.81. The summed E-state index contributed by atoms with van der Waals surface area (Å²) in [5, 5.41) is 0. The molecule has 0 aliphatic heterocycles. The Morgan fingerprint density at radius 3 is 1.90 bits per heavy atom. The summed E-state index contributed by atoms with van der Waals surface area (Å²) in [5.74, 6) is 0. The third-order valence-corrected chi connectivity index (χ3v) is 1.73. The largest absolute Gasteiger partial charge is 0.334 e. The third kappa shape index (κ3) is 1.07. The van der Waals surface area contributed by atoms with Crippen molar-refractivity contribution in [1.29, 1.82) is 0 Å². The van der Waals surface area contributed by atoms with E-state index in [4.69, 9.17) is 5.73 Å². The van der Waals surface area contributed by atoms with Crippen LogP contribution in [0.4, 0.5) is 0 Å². The van der Waals surface area contributed by atoms with Crippen molar-refractivity contribution in [3.8, 4) is 0 Å². The van der Waals surface area contributed by atoms with Crippen molar-refractivity contribution in [2.45, 2.75) is 26.9 Å². The Bertz CT molecular complexity index is 204. The molecule has 1 aromatic rings. The van der Waals surface area contributed by atoms with Crippen LogP contribution in [0.2, 0.25) is 0 Å². The van der Waals surface area contributed by atoms with Gasteiger partial charge in [-0.05, 0) is 32.9 Å². The van der Waals surface area contributed by atoms with E-state index >= 15 is 0 Å². The highest BCUT2D eigenvalue weighted by molar-refractivity contribution is 5.14. The molecule has 0 spiro atoms. The highest BCUT2D eigenvalue weighted by atomic mass is 15.1. The Morgan fingerprint density at radius 2 is 1.70 bits per heavy atom. The summed E-state index contributed by atoms with van der Waals surface area (Å²) in [4.78, 5) is 0. The molecule has 0 amide bonds. The monoisotopic (exact) mass is 138 g/mol. The number of nitrogens with zero attached hydrogens (tertiary/aromatic N) is 1. The molecule has 0 saturated carbocycles. The van der Waals surface area contributed by atoms with E-state index in [0.717, 1.165) is 0 Å². The number of nitrogens with two attached hydrogens (primary N) is 1. The minimum absolute atomic E-state index is 0.0926. The first-order chi connectivity index (χ1) is 4.63. The van der Waals surface area contributed by atoms with Crippen molar-refractivity contribution >= 4 is 0 Å². The van der Waals surface area contributed by atoms with E-state index < -0.39 is 0 Å². The zero-order chi connectivity index (χ0) is 7.72. The molecule has 1 aromatic heterocycles. The van der Waals surface area contributed by atoms with Crippen LogP contribution in [0.1, 0.15) is 24.5 Å². The van der Waals surface area contributed by atoms with Gasteiger partial charge in [-0.3, -0.25) is 0 Å². The zero-order valence-corrected chi connectivity index (χ0v) is 6.76. The maximum atomic E-state index is 5.72. The Labute approximate surface area is 61.7 Å². The molecular weight excluding hydrogens is 124 g/mol. The second kappa shape index (κ2) is 2.46. The van der Waals surface area contributed by atoms with Gasteiger partial charge in [-0.2, -0.15) is 0 Å². The van der Waals surface area contributed by atoms with Gasteiger partial charge >= 0.3 is 0 Å². The lowest BCUT2D eigenvalue weighted by molar-refractivity contribution is 0.549. The maximum absolute atomic E-state index is 5.72. The second-order valence-corrected chi connectivity index (χ2v) is 2.73. The van der Waals surface area contributed by atoms with Crippen molar-refractivity contribution in [1.82, 2.24) is 4.57 Å². The zero-order valence-electron chi connectivity index (χ0n) is 6.76. The molecule has 10 heavy (non-hydrogen) atoms. The summed E-state index contributed by atoms with van der Waals surface area (Å²) in [7, 11) is 0. The first kappa shape index (κ1) is 7.35. The Hall–Kier alpha value is -0.760. The number of aromatic nitrogens is 1. The van der Waals surface area contributed by atoms with Crippen LogP contribution in [0.3, 0.4) is 0 Å². The smallest absolute Gasteiger partial charge is 0.0785 e. The van der Waals surface area contributed by atoms with Gasteiger partial charge in [0.1, 0.15) is 0 Å². The molecule has 1 heterocycles. The Morgan fingerprint density at radius 1 is 1.30 bits per heavy atom. The summed E-state index contributed by atoms with van der Waals surface area (Å²) >= 11 is 0. The predicted molar refractivity (Wildman–Crippen MR) is 42.8 cm³/mol. The van der Waals surface area contributed by atoms with E-state index in [1.54, 1.807) is 0 Å². The maximum Gasteiger partial charge on any atom is 0.0785 e. The van der Waals surface area contributed by atoms with Crippen LogP contribution in [0.5, 0.6) is 0 Å². The molecule has 0 bridgehead atoms.